The Morgan fingerprint density at radius 1 is 1.14 bits per heavy atom. The third-order valence-electron chi connectivity index (χ3n) is 3.54. The second kappa shape index (κ2) is 5.26. The Hall–Kier alpha value is -2.26. The van der Waals surface area contributed by atoms with E-state index in [4.69, 9.17) is 16.0 Å². The molecule has 0 bridgehead atoms. The van der Waals surface area contributed by atoms with Gasteiger partial charge in [-0.15, -0.1) is 0 Å². The van der Waals surface area contributed by atoms with Gasteiger partial charge in [0.1, 0.15) is 5.58 Å². The second-order valence-electron chi connectivity index (χ2n) is 4.90. The van der Waals surface area contributed by atoms with E-state index in [0.29, 0.717) is 16.4 Å². The molecule has 0 saturated heterocycles. The number of furan rings is 1. The van der Waals surface area contributed by atoms with E-state index in [2.05, 4.69) is 0 Å². The molecule has 0 unspecified atom stereocenters. The summed E-state index contributed by atoms with van der Waals surface area (Å²) >= 11 is 6.00. The number of rotatable bonds is 2. The number of hydrogen-bond acceptors (Lipinski definition) is 2. The molecule has 106 valence electrons. The van der Waals surface area contributed by atoms with Gasteiger partial charge in [0.25, 0.3) is 5.91 Å². The van der Waals surface area contributed by atoms with E-state index in [0.717, 1.165) is 16.6 Å². The van der Waals surface area contributed by atoms with Crippen molar-refractivity contribution in [2.75, 3.05) is 11.9 Å². The SMILES string of the molecule is Cc1c(C(=O)N(C)c2ccccc2)oc2ccc(Cl)cc12. The highest BCUT2D eigenvalue weighted by atomic mass is 35.5. The van der Waals surface area contributed by atoms with Gasteiger partial charge in [-0.3, -0.25) is 4.79 Å². The summed E-state index contributed by atoms with van der Waals surface area (Å²) in [6, 6.07) is 14.8. The van der Waals surface area contributed by atoms with Gasteiger partial charge >= 0.3 is 0 Å². The summed E-state index contributed by atoms with van der Waals surface area (Å²) in [5.41, 5.74) is 2.29. The third-order valence-corrected chi connectivity index (χ3v) is 3.78. The zero-order valence-corrected chi connectivity index (χ0v) is 12.5. The molecule has 0 aliphatic heterocycles. The van der Waals surface area contributed by atoms with E-state index in [9.17, 15) is 4.79 Å². The van der Waals surface area contributed by atoms with Crippen LogP contribution in [-0.4, -0.2) is 13.0 Å². The molecule has 0 atom stereocenters. The Morgan fingerprint density at radius 2 is 1.86 bits per heavy atom. The van der Waals surface area contributed by atoms with Crippen LogP contribution >= 0.6 is 11.6 Å². The molecule has 1 amide bonds. The summed E-state index contributed by atoms with van der Waals surface area (Å²) in [4.78, 5) is 14.2. The second-order valence-corrected chi connectivity index (χ2v) is 5.33. The van der Waals surface area contributed by atoms with Crippen molar-refractivity contribution in [2.45, 2.75) is 6.92 Å². The van der Waals surface area contributed by atoms with Gasteiger partial charge in [-0.05, 0) is 37.3 Å². The maximum absolute atomic E-state index is 12.6. The largest absolute Gasteiger partial charge is 0.451 e. The summed E-state index contributed by atoms with van der Waals surface area (Å²) in [6.45, 7) is 1.87. The van der Waals surface area contributed by atoms with Gasteiger partial charge in [0.2, 0.25) is 0 Å². The molecule has 0 radical (unpaired) electrons. The lowest BCUT2D eigenvalue weighted by atomic mass is 10.1. The lowest BCUT2D eigenvalue weighted by Crippen LogP contribution is -2.26. The standard InChI is InChI=1S/C17H14ClNO2/c1-11-14-10-12(18)8-9-15(14)21-16(11)17(20)19(2)13-6-4-3-5-7-13/h3-10H,1-2H3. The zero-order valence-electron chi connectivity index (χ0n) is 11.8. The molecule has 0 saturated carbocycles. The number of aryl methyl sites for hydroxylation is 1. The zero-order chi connectivity index (χ0) is 15.0. The molecular weight excluding hydrogens is 286 g/mol. The van der Waals surface area contributed by atoms with Gasteiger partial charge in [-0.1, -0.05) is 29.8 Å². The maximum atomic E-state index is 12.6. The quantitative estimate of drug-likeness (QED) is 0.689. The third kappa shape index (κ3) is 2.41. The van der Waals surface area contributed by atoms with Gasteiger partial charge in [0, 0.05) is 28.7 Å². The first kappa shape index (κ1) is 13.7. The van der Waals surface area contributed by atoms with Gasteiger partial charge in [-0.25, -0.2) is 0 Å². The minimum Gasteiger partial charge on any atom is -0.451 e. The van der Waals surface area contributed by atoms with Crippen LogP contribution in [0.2, 0.25) is 5.02 Å². The Morgan fingerprint density at radius 3 is 2.57 bits per heavy atom. The number of benzene rings is 2. The van der Waals surface area contributed by atoms with E-state index in [1.54, 1.807) is 24.1 Å². The van der Waals surface area contributed by atoms with Crippen LogP contribution in [0.5, 0.6) is 0 Å². The topological polar surface area (TPSA) is 33.5 Å². The number of halogens is 1. The van der Waals surface area contributed by atoms with Crippen molar-refractivity contribution in [3.63, 3.8) is 0 Å². The summed E-state index contributed by atoms with van der Waals surface area (Å²) in [6.07, 6.45) is 0. The molecule has 1 heterocycles. The van der Waals surface area contributed by atoms with E-state index >= 15 is 0 Å². The van der Waals surface area contributed by atoms with E-state index < -0.39 is 0 Å². The van der Waals surface area contributed by atoms with Crippen LogP contribution in [0.3, 0.4) is 0 Å². The van der Waals surface area contributed by atoms with Gasteiger partial charge in [-0.2, -0.15) is 0 Å². The molecule has 3 rings (SSSR count). The molecule has 1 aromatic heterocycles. The number of hydrogen-bond donors (Lipinski definition) is 0. The highest BCUT2D eigenvalue weighted by Crippen LogP contribution is 2.29. The van der Waals surface area contributed by atoms with Crippen LogP contribution < -0.4 is 4.90 Å². The van der Waals surface area contributed by atoms with Crippen LogP contribution in [0.4, 0.5) is 5.69 Å². The molecule has 4 heteroatoms. The number of amides is 1. The molecule has 0 spiro atoms. The highest BCUT2D eigenvalue weighted by Gasteiger charge is 2.21. The minimum absolute atomic E-state index is 0.175. The molecule has 21 heavy (non-hydrogen) atoms. The van der Waals surface area contributed by atoms with Crippen LogP contribution in [-0.2, 0) is 0 Å². The van der Waals surface area contributed by atoms with E-state index in [-0.39, 0.29) is 5.91 Å². The summed E-state index contributed by atoms with van der Waals surface area (Å²) in [5, 5.41) is 1.49. The molecule has 0 aliphatic carbocycles. The Labute approximate surface area is 127 Å². The highest BCUT2D eigenvalue weighted by molar-refractivity contribution is 6.31. The number of anilines is 1. The average Bonchev–Trinajstić information content (AvgIpc) is 2.83. The molecule has 3 nitrogen and oxygen atoms in total. The van der Waals surface area contributed by atoms with Crippen LogP contribution in [0.15, 0.2) is 52.9 Å². The van der Waals surface area contributed by atoms with Crippen molar-refractivity contribution >= 4 is 34.2 Å². The maximum Gasteiger partial charge on any atom is 0.294 e. The number of para-hydroxylation sites is 1. The van der Waals surface area contributed by atoms with Crippen molar-refractivity contribution < 1.29 is 9.21 Å². The summed E-state index contributed by atoms with van der Waals surface area (Å²) in [7, 11) is 1.73. The number of nitrogens with zero attached hydrogens (tertiary/aromatic N) is 1. The molecular formula is C17H14ClNO2. The molecule has 2 aromatic carbocycles. The Balaban J connectivity index is 2.04. The smallest absolute Gasteiger partial charge is 0.294 e. The Kier molecular flexibility index (Phi) is 3.43. The fourth-order valence-electron chi connectivity index (χ4n) is 2.32. The van der Waals surface area contributed by atoms with Gasteiger partial charge < -0.3 is 9.32 Å². The summed E-state index contributed by atoms with van der Waals surface area (Å²) < 4.78 is 5.71. The van der Waals surface area contributed by atoms with Crippen molar-refractivity contribution in [1.29, 1.82) is 0 Å². The number of fused-ring (bicyclic) bond motifs is 1. The van der Waals surface area contributed by atoms with Crippen LogP contribution in [0.25, 0.3) is 11.0 Å². The minimum atomic E-state index is -0.175. The summed E-state index contributed by atoms with van der Waals surface area (Å²) in [5.74, 6) is 0.171. The lowest BCUT2D eigenvalue weighted by Gasteiger charge is -2.16. The monoisotopic (exact) mass is 299 g/mol. The fraction of sp³-hybridized carbons (Fsp3) is 0.118. The number of carbonyl (C=O) groups excluding carboxylic acids is 1. The van der Waals surface area contributed by atoms with Crippen LogP contribution in [0.1, 0.15) is 16.1 Å². The van der Waals surface area contributed by atoms with Gasteiger partial charge in [0.05, 0.1) is 0 Å². The fourth-order valence-corrected chi connectivity index (χ4v) is 2.49. The predicted octanol–water partition coefficient (Wildman–Crippen LogP) is 4.67. The lowest BCUT2D eigenvalue weighted by molar-refractivity contribution is 0.0968. The van der Waals surface area contributed by atoms with E-state index in [1.807, 2.05) is 43.3 Å². The molecule has 3 aromatic rings. The van der Waals surface area contributed by atoms with Crippen molar-refractivity contribution in [2.24, 2.45) is 0 Å². The molecule has 0 aliphatic rings. The number of carbonyl (C=O) groups is 1. The Bertz CT molecular complexity index is 808. The molecule has 0 N–H and O–H groups in total. The molecule has 0 fully saturated rings. The van der Waals surface area contributed by atoms with Crippen molar-refractivity contribution in [1.82, 2.24) is 0 Å². The predicted molar refractivity (Wildman–Crippen MR) is 85.1 cm³/mol. The first-order valence-corrected chi connectivity index (χ1v) is 6.97. The van der Waals surface area contributed by atoms with Gasteiger partial charge in [0.15, 0.2) is 5.76 Å². The first-order valence-electron chi connectivity index (χ1n) is 6.59. The van der Waals surface area contributed by atoms with Crippen molar-refractivity contribution in [3.8, 4) is 0 Å². The van der Waals surface area contributed by atoms with E-state index in [1.165, 1.54) is 0 Å². The van der Waals surface area contributed by atoms with Crippen LogP contribution in [0, 0.1) is 6.92 Å². The normalized spacial score (nSPS) is 10.8. The average molecular weight is 300 g/mol. The van der Waals surface area contributed by atoms with Crippen molar-refractivity contribution in [3.05, 3.63) is 64.9 Å². The first-order chi connectivity index (χ1) is 10.1.